The summed E-state index contributed by atoms with van der Waals surface area (Å²) in [6.07, 6.45) is 9.03. The molecule has 0 amide bonds. The lowest BCUT2D eigenvalue weighted by atomic mass is 10.1. The molecule has 2 heterocycles. The Morgan fingerprint density at radius 3 is 2.42 bits per heavy atom. The Morgan fingerprint density at radius 1 is 1.06 bits per heavy atom. The molecule has 1 aliphatic carbocycles. The van der Waals surface area contributed by atoms with Crippen molar-refractivity contribution < 1.29 is 0 Å². The van der Waals surface area contributed by atoms with Crippen LogP contribution in [0.15, 0.2) is 29.3 Å². The summed E-state index contributed by atoms with van der Waals surface area (Å²) in [7, 11) is 4.12. The van der Waals surface area contributed by atoms with Crippen molar-refractivity contribution in [3.8, 4) is 0 Å². The summed E-state index contributed by atoms with van der Waals surface area (Å²) in [6.45, 7) is 5.70. The van der Waals surface area contributed by atoms with Crippen LogP contribution in [0.2, 0.25) is 0 Å². The van der Waals surface area contributed by atoms with E-state index in [4.69, 9.17) is 4.99 Å². The molecule has 0 radical (unpaired) electrons. The van der Waals surface area contributed by atoms with Crippen molar-refractivity contribution in [1.82, 2.24) is 25.0 Å². The molecule has 1 saturated heterocycles. The lowest BCUT2D eigenvalue weighted by Gasteiger charge is -2.29. The molecule has 31 heavy (non-hydrogen) atoms. The molecular formula is C24H37N7. The molecule has 1 N–H and O–H groups in total. The van der Waals surface area contributed by atoms with Crippen LogP contribution in [0.4, 0.5) is 5.69 Å². The third kappa shape index (κ3) is 5.57. The monoisotopic (exact) mass is 423 g/mol. The van der Waals surface area contributed by atoms with Crippen molar-refractivity contribution in [3.63, 3.8) is 0 Å². The zero-order chi connectivity index (χ0) is 21.6. The number of aryl methyl sites for hydroxylation is 1. The van der Waals surface area contributed by atoms with Gasteiger partial charge < -0.3 is 19.7 Å². The van der Waals surface area contributed by atoms with Crippen LogP contribution < -0.4 is 10.2 Å². The normalized spacial score (nSPS) is 17.9. The van der Waals surface area contributed by atoms with Crippen LogP contribution >= 0.6 is 0 Å². The third-order valence-corrected chi connectivity index (χ3v) is 6.68. The van der Waals surface area contributed by atoms with E-state index in [2.05, 4.69) is 56.6 Å². The molecule has 4 rings (SSSR count). The number of hydrogen-bond acceptors (Lipinski definition) is 4. The maximum atomic E-state index is 4.92. The summed E-state index contributed by atoms with van der Waals surface area (Å²) < 4.78 is 2.01. The van der Waals surface area contributed by atoms with Crippen LogP contribution in [-0.4, -0.2) is 51.8 Å². The molecule has 1 aromatic heterocycles. The number of nitrogens with one attached hydrogen (secondary N) is 1. The van der Waals surface area contributed by atoms with Gasteiger partial charge in [0.15, 0.2) is 11.8 Å². The Hall–Kier alpha value is -2.57. The predicted octanol–water partition coefficient (Wildman–Crippen LogP) is 3.63. The van der Waals surface area contributed by atoms with Gasteiger partial charge in [-0.05, 0) is 56.7 Å². The second kappa shape index (κ2) is 10.2. The second-order valence-electron chi connectivity index (χ2n) is 9.06. The largest absolute Gasteiger partial charge is 0.372 e. The first-order valence-corrected chi connectivity index (χ1v) is 11.8. The van der Waals surface area contributed by atoms with Gasteiger partial charge in [-0.25, -0.2) is 4.99 Å². The molecular weight excluding hydrogens is 386 g/mol. The van der Waals surface area contributed by atoms with Crippen molar-refractivity contribution >= 4 is 11.6 Å². The summed E-state index contributed by atoms with van der Waals surface area (Å²) in [6, 6.07) is 9.60. The van der Waals surface area contributed by atoms with Gasteiger partial charge in [0.05, 0.1) is 0 Å². The van der Waals surface area contributed by atoms with Gasteiger partial charge in [0.2, 0.25) is 0 Å². The van der Waals surface area contributed by atoms with Gasteiger partial charge in [0.25, 0.3) is 0 Å². The Morgan fingerprint density at radius 2 is 1.77 bits per heavy atom. The SMILES string of the molecule is Cc1nnc(CN=C(NC2CCCC2)N(C)Cc2ccc(N3CCCCC3)cc2)n1C. The number of benzene rings is 1. The molecule has 1 saturated carbocycles. The van der Waals surface area contributed by atoms with E-state index in [1.807, 2.05) is 18.5 Å². The molecule has 2 aliphatic rings. The standard InChI is InChI=1S/C24H37N7/c1-19-27-28-23(30(19)3)17-25-24(26-21-9-5-6-10-21)29(2)18-20-11-13-22(14-12-20)31-15-7-4-8-16-31/h11-14,21H,4-10,15-18H2,1-3H3,(H,25,26). The summed E-state index contributed by atoms with van der Waals surface area (Å²) in [5.74, 6) is 2.76. The minimum Gasteiger partial charge on any atom is -0.372 e. The topological polar surface area (TPSA) is 61.6 Å². The zero-order valence-corrected chi connectivity index (χ0v) is 19.3. The lowest BCUT2D eigenvalue weighted by molar-refractivity contribution is 0.456. The number of nitrogens with zero attached hydrogens (tertiary/aromatic N) is 6. The quantitative estimate of drug-likeness (QED) is 0.568. The fourth-order valence-electron chi connectivity index (χ4n) is 4.58. The summed E-state index contributed by atoms with van der Waals surface area (Å²) in [5, 5.41) is 12.1. The maximum Gasteiger partial charge on any atom is 0.194 e. The molecule has 1 aliphatic heterocycles. The van der Waals surface area contributed by atoms with Crippen LogP contribution in [0.5, 0.6) is 0 Å². The Labute approximate surface area is 186 Å². The Balaban J connectivity index is 1.43. The first kappa shape index (κ1) is 21.7. The highest BCUT2D eigenvalue weighted by Gasteiger charge is 2.19. The first-order valence-electron chi connectivity index (χ1n) is 11.8. The molecule has 0 bridgehead atoms. The van der Waals surface area contributed by atoms with Gasteiger partial charge in [0.1, 0.15) is 12.4 Å². The molecule has 2 fully saturated rings. The van der Waals surface area contributed by atoms with Crippen molar-refractivity contribution in [1.29, 1.82) is 0 Å². The van der Waals surface area contributed by atoms with E-state index in [0.29, 0.717) is 12.6 Å². The highest BCUT2D eigenvalue weighted by atomic mass is 15.3. The molecule has 0 unspecified atom stereocenters. The van der Waals surface area contributed by atoms with E-state index in [1.165, 1.54) is 69.3 Å². The Bertz CT molecular complexity index is 859. The molecule has 7 nitrogen and oxygen atoms in total. The van der Waals surface area contributed by atoms with Crippen molar-refractivity contribution in [2.24, 2.45) is 12.0 Å². The van der Waals surface area contributed by atoms with Crippen LogP contribution in [-0.2, 0) is 20.1 Å². The van der Waals surface area contributed by atoms with Crippen LogP contribution in [0.1, 0.15) is 62.2 Å². The predicted molar refractivity (Wildman–Crippen MR) is 126 cm³/mol. The molecule has 7 heteroatoms. The fraction of sp³-hybridized carbons (Fsp3) is 0.625. The number of anilines is 1. The highest BCUT2D eigenvalue weighted by Crippen LogP contribution is 2.21. The smallest absolute Gasteiger partial charge is 0.194 e. The molecule has 2 aromatic rings. The lowest BCUT2D eigenvalue weighted by Crippen LogP contribution is -2.43. The third-order valence-electron chi connectivity index (χ3n) is 6.68. The van der Waals surface area contributed by atoms with Gasteiger partial charge in [-0.1, -0.05) is 25.0 Å². The number of aliphatic imine (C=N–C) groups is 1. The minimum atomic E-state index is 0.518. The van der Waals surface area contributed by atoms with E-state index < -0.39 is 0 Å². The summed E-state index contributed by atoms with van der Waals surface area (Å²) in [4.78, 5) is 9.66. The summed E-state index contributed by atoms with van der Waals surface area (Å²) in [5.41, 5.74) is 2.65. The van der Waals surface area contributed by atoms with Crippen LogP contribution in [0.3, 0.4) is 0 Å². The molecule has 168 valence electrons. The zero-order valence-electron chi connectivity index (χ0n) is 19.3. The minimum absolute atomic E-state index is 0.518. The van der Waals surface area contributed by atoms with Crippen LogP contribution in [0, 0.1) is 6.92 Å². The first-order chi connectivity index (χ1) is 15.1. The highest BCUT2D eigenvalue weighted by molar-refractivity contribution is 5.80. The van der Waals surface area contributed by atoms with Gasteiger partial charge in [-0.3, -0.25) is 0 Å². The van der Waals surface area contributed by atoms with E-state index in [-0.39, 0.29) is 0 Å². The van der Waals surface area contributed by atoms with E-state index in [0.717, 1.165) is 24.2 Å². The van der Waals surface area contributed by atoms with Gasteiger partial charge in [-0.2, -0.15) is 0 Å². The molecule has 0 spiro atoms. The maximum absolute atomic E-state index is 4.92. The Kier molecular flexibility index (Phi) is 7.10. The van der Waals surface area contributed by atoms with Gasteiger partial charge >= 0.3 is 0 Å². The van der Waals surface area contributed by atoms with E-state index in [1.54, 1.807) is 0 Å². The fourth-order valence-corrected chi connectivity index (χ4v) is 4.58. The number of aromatic nitrogens is 3. The number of guanidine groups is 1. The number of piperidine rings is 1. The van der Waals surface area contributed by atoms with Gasteiger partial charge in [0, 0.05) is 45.5 Å². The van der Waals surface area contributed by atoms with Gasteiger partial charge in [-0.15, -0.1) is 10.2 Å². The second-order valence-corrected chi connectivity index (χ2v) is 9.06. The average Bonchev–Trinajstić information content (AvgIpc) is 3.42. The number of rotatable bonds is 6. The van der Waals surface area contributed by atoms with E-state index >= 15 is 0 Å². The molecule has 0 atom stereocenters. The van der Waals surface area contributed by atoms with Crippen molar-refractivity contribution in [3.05, 3.63) is 41.5 Å². The average molecular weight is 424 g/mol. The van der Waals surface area contributed by atoms with Crippen LogP contribution in [0.25, 0.3) is 0 Å². The van der Waals surface area contributed by atoms with E-state index in [9.17, 15) is 0 Å². The summed E-state index contributed by atoms with van der Waals surface area (Å²) >= 11 is 0. The van der Waals surface area contributed by atoms with Crippen molar-refractivity contribution in [2.75, 3.05) is 25.0 Å². The number of hydrogen-bond donors (Lipinski definition) is 1. The molecule has 1 aromatic carbocycles. The van der Waals surface area contributed by atoms with Crippen molar-refractivity contribution in [2.45, 2.75) is 71.0 Å².